The summed E-state index contributed by atoms with van der Waals surface area (Å²) in [6, 6.07) is 6.09. The van der Waals surface area contributed by atoms with E-state index >= 15 is 0 Å². The topological polar surface area (TPSA) is 40.6 Å². The van der Waals surface area contributed by atoms with E-state index in [1.54, 1.807) is 6.08 Å². The summed E-state index contributed by atoms with van der Waals surface area (Å²) in [7, 11) is 2.08. The van der Waals surface area contributed by atoms with Crippen LogP contribution in [0.15, 0.2) is 29.2 Å². The number of carbonyl (C=O) groups excluding carboxylic acids is 2. The molecule has 0 spiro atoms. The molecule has 0 N–H and O–H groups in total. The molecule has 1 saturated heterocycles. The molecule has 2 heterocycles. The number of rotatable bonds is 2. The number of allylic oxidation sites excluding steroid dienone is 1. The molecule has 3 rings (SSSR count). The monoisotopic (exact) mass is 352 g/mol. The number of fused-ring (bicyclic) bond motifs is 1. The number of carbonyl (C=O) groups is 2. The first kappa shape index (κ1) is 17.4. The Labute approximate surface area is 152 Å². The highest BCUT2D eigenvalue weighted by Gasteiger charge is 2.34. The molecule has 0 unspecified atom stereocenters. The maximum absolute atomic E-state index is 12.3. The summed E-state index contributed by atoms with van der Waals surface area (Å²) < 4.78 is 0. The van der Waals surface area contributed by atoms with Crippen LogP contribution in [-0.4, -0.2) is 35.2 Å². The number of hydrogen-bond donors (Lipinski definition) is 0. The largest absolute Gasteiger partial charge is 0.366 e. The minimum Gasteiger partial charge on any atom is -0.366 e. The zero-order chi connectivity index (χ0) is 18.4. The van der Waals surface area contributed by atoms with E-state index in [0.29, 0.717) is 4.91 Å². The molecule has 128 valence electrons. The summed E-state index contributed by atoms with van der Waals surface area (Å²) >= 11 is 0.933. The highest BCUT2D eigenvalue weighted by molar-refractivity contribution is 8.18. The third-order valence-corrected chi connectivity index (χ3v) is 5.57. The van der Waals surface area contributed by atoms with Gasteiger partial charge >= 0.3 is 0 Å². The minimum atomic E-state index is -0.323. The van der Waals surface area contributed by atoms with E-state index in [0.717, 1.165) is 33.5 Å². The highest BCUT2D eigenvalue weighted by Crippen LogP contribution is 2.39. The Kier molecular flexibility index (Phi) is 4.26. The van der Waals surface area contributed by atoms with Crippen LogP contribution in [0, 0.1) is 12.3 Å². The summed E-state index contributed by atoms with van der Waals surface area (Å²) in [5.41, 5.74) is 4.34. The van der Waals surface area contributed by atoms with Crippen molar-refractivity contribution < 1.29 is 9.59 Å². The van der Waals surface area contributed by atoms with Gasteiger partial charge in [-0.2, -0.15) is 0 Å². The number of benzene rings is 1. The molecule has 2 amide bonds. The Balaban J connectivity index is 1.97. The molecule has 0 bridgehead atoms. The fraction of sp³-hybridized carbons (Fsp3) is 0.300. The van der Waals surface area contributed by atoms with Crippen LogP contribution >= 0.6 is 11.8 Å². The van der Waals surface area contributed by atoms with E-state index in [4.69, 9.17) is 6.42 Å². The molecule has 25 heavy (non-hydrogen) atoms. The predicted octanol–water partition coefficient (Wildman–Crippen LogP) is 3.99. The van der Waals surface area contributed by atoms with Gasteiger partial charge in [0, 0.05) is 18.3 Å². The lowest BCUT2D eigenvalue weighted by Crippen LogP contribution is -2.42. The van der Waals surface area contributed by atoms with Crippen LogP contribution in [0.2, 0.25) is 0 Å². The van der Waals surface area contributed by atoms with Gasteiger partial charge in [0.2, 0.25) is 0 Å². The van der Waals surface area contributed by atoms with Crippen LogP contribution in [0.25, 0.3) is 11.6 Å². The molecule has 2 aliphatic rings. The van der Waals surface area contributed by atoms with Crippen LogP contribution in [0.1, 0.15) is 31.9 Å². The molecule has 0 aromatic heterocycles. The van der Waals surface area contributed by atoms with Crippen molar-refractivity contribution in [2.24, 2.45) is 0 Å². The van der Waals surface area contributed by atoms with Gasteiger partial charge in [-0.05, 0) is 61.9 Å². The SMILES string of the molecule is C#CCN1C(=O)S/C(=C\c2ccc3c(c2)C(C)=CC(C)(C)N3C)C1=O. The van der Waals surface area contributed by atoms with Gasteiger partial charge in [0.1, 0.15) is 0 Å². The molecule has 2 aliphatic heterocycles. The van der Waals surface area contributed by atoms with Crippen LogP contribution in [0.5, 0.6) is 0 Å². The standard InChI is InChI=1S/C20H20N2O2S/c1-6-9-22-18(23)17(25-19(22)24)11-14-7-8-16-15(10-14)13(2)12-20(3,4)21(16)5/h1,7-8,10-12H,9H2,2-5H3/b17-11-. The zero-order valence-electron chi connectivity index (χ0n) is 14.8. The van der Waals surface area contributed by atoms with Crippen molar-refractivity contribution in [3.8, 4) is 12.3 Å². The molecule has 1 aromatic rings. The second kappa shape index (κ2) is 6.12. The van der Waals surface area contributed by atoms with E-state index < -0.39 is 0 Å². The van der Waals surface area contributed by atoms with Crippen molar-refractivity contribution in [1.82, 2.24) is 4.90 Å². The van der Waals surface area contributed by atoms with Crippen molar-refractivity contribution in [3.63, 3.8) is 0 Å². The quantitative estimate of drug-likeness (QED) is 0.596. The van der Waals surface area contributed by atoms with Gasteiger partial charge in [-0.3, -0.25) is 14.5 Å². The van der Waals surface area contributed by atoms with Crippen molar-refractivity contribution in [2.75, 3.05) is 18.5 Å². The van der Waals surface area contributed by atoms with Crippen LogP contribution in [0.3, 0.4) is 0 Å². The second-order valence-electron chi connectivity index (χ2n) is 6.79. The fourth-order valence-corrected chi connectivity index (χ4v) is 3.98. The average Bonchev–Trinajstić information content (AvgIpc) is 2.80. The van der Waals surface area contributed by atoms with Crippen molar-refractivity contribution >= 4 is 40.2 Å². The van der Waals surface area contributed by atoms with Crippen LogP contribution in [-0.2, 0) is 4.79 Å². The number of nitrogens with zero attached hydrogens (tertiary/aromatic N) is 2. The molecular weight excluding hydrogens is 332 g/mol. The lowest BCUT2D eigenvalue weighted by Gasteiger charge is -2.40. The van der Waals surface area contributed by atoms with E-state index in [1.807, 2.05) is 6.07 Å². The smallest absolute Gasteiger partial charge is 0.294 e. The summed E-state index contributed by atoms with van der Waals surface area (Å²) in [6.07, 6.45) is 9.22. The minimum absolute atomic E-state index is 0.00785. The zero-order valence-corrected chi connectivity index (χ0v) is 15.6. The van der Waals surface area contributed by atoms with Gasteiger partial charge in [-0.1, -0.05) is 18.1 Å². The van der Waals surface area contributed by atoms with Crippen LogP contribution in [0.4, 0.5) is 10.5 Å². The number of amides is 2. The molecule has 1 aromatic carbocycles. The molecule has 0 atom stereocenters. The summed E-state index contributed by atoms with van der Waals surface area (Å²) in [4.78, 5) is 27.9. The van der Waals surface area contributed by atoms with Crippen molar-refractivity contribution in [3.05, 3.63) is 40.3 Å². The molecule has 0 radical (unpaired) electrons. The first-order chi connectivity index (χ1) is 11.7. The number of thioether (sulfide) groups is 1. The summed E-state index contributed by atoms with van der Waals surface area (Å²) in [6.45, 7) is 6.45. The highest BCUT2D eigenvalue weighted by atomic mass is 32.2. The maximum atomic E-state index is 12.3. The first-order valence-electron chi connectivity index (χ1n) is 8.01. The van der Waals surface area contributed by atoms with Crippen molar-refractivity contribution in [1.29, 1.82) is 0 Å². The lowest BCUT2D eigenvalue weighted by atomic mass is 9.88. The van der Waals surface area contributed by atoms with Gasteiger partial charge in [0.05, 0.1) is 17.0 Å². The normalized spacial score (nSPS) is 20.6. The Morgan fingerprint density at radius 1 is 1.32 bits per heavy atom. The first-order valence-corrected chi connectivity index (χ1v) is 8.83. The Morgan fingerprint density at radius 3 is 2.72 bits per heavy atom. The number of imide groups is 1. The van der Waals surface area contributed by atoms with E-state index in [-0.39, 0.29) is 23.2 Å². The third kappa shape index (κ3) is 2.98. The predicted molar refractivity (Wildman–Crippen MR) is 104 cm³/mol. The van der Waals surface area contributed by atoms with Gasteiger partial charge in [0.25, 0.3) is 11.1 Å². The lowest BCUT2D eigenvalue weighted by molar-refractivity contribution is -0.122. The Bertz CT molecular complexity index is 874. The van der Waals surface area contributed by atoms with Gasteiger partial charge in [0.15, 0.2) is 0 Å². The molecular formula is C20H20N2O2S. The maximum Gasteiger partial charge on any atom is 0.294 e. The molecule has 0 saturated carbocycles. The number of likely N-dealkylation sites (N-methyl/N-ethyl adjacent to an activating group) is 1. The molecule has 5 heteroatoms. The molecule has 1 fully saturated rings. The second-order valence-corrected chi connectivity index (χ2v) is 7.78. The summed E-state index contributed by atoms with van der Waals surface area (Å²) in [5.74, 6) is 2.02. The van der Waals surface area contributed by atoms with E-state index in [2.05, 4.69) is 56.8 Å². The Morgan fingerprint density at radius 2 is 2.04 bits per heavy atom. The Hall–Kier alpha value is -2.45. The summed E-state index contributed by atoms with van der Waals surface area (Å²) in [5, 5.41) is -0.315. The fourth-order valence-electron chi connectivity index (χ4n) is 3.15. The number of hydrogen-bond acceptors (Lipinski definition) is 4. The third-order valence-electron chi connectivity index (χ3n) is 4.66. The average molecular weight is 352 g/mol. The van der Waals surface area contributed by atoms with E-state index in [1.165, 1.54) is 5.57 Å². The molecule has 4 nitrogen and oxygen atoms in total. The van der Waals surface area contributed by atoms with Gasteiger partial charge < -0.3 is 4.90 Å². The number of anilines is 1. The van der Waals surface area contributed by atoms with E-state index in [9.17, 15) is 9.59 Å². The van der Waals surface area contributed by atoms with Gasteiger partial charge in [-0.25, -0.2) is 0 Å². The number of terminal acetylenes is 1. The molecule has 0 aliphatic carbocycles. The van der Waals surface area contributed by atoms with Crippen molar-refractivity contribution in [2.45, 2.75) is 26.3 Å². The van der Waals surface area contributed by atoms with Gasteiger partial charge in [-0.15, -0.1) is 6.42 Å². The van der Waals surface area contributed by atoms with Crippen LogP contribution < -0.4 is 4.90 Å².